The molecule has 0 unspecified atom stereocenters. The molecule has 2 aliphatic heterocycles. The topological polar surface area (TPSA) is 6.48 Å². The van der Waals surface area contributed by atoms with E-state index < -0.39 is 16.1 Å². The van der Waals surface area contributed by atoms with Crippen LogP contribution in [0.1, 0.15) is 25.0 Å². The van der Waals surface area contributed by atoms with Gasteiger partial charge in [-0.15, -0.1) is 0 Å². The van der Waals surface area contributed by atoms with Crippen LogP contribution in [0.2, 0.25) is 26.2 Å². The molecule has 2 nitrogen and oxygen atoms in total. The minimum atomic E-state index is -2.01. The van der Waals surface area contributed by atoms with Crippen LogP contribution in [0, 0.1) is 0 Å². The molecule has 0 N–H and O–H groups in total. The highest BCUT2D eigenvalue weighted by molar-refractivity contribution is 7.03. The maximum absolute atomic E-state index is 2.55. The third-order valence-electron chi connectivity index (χ3n) is 16.8. The van der Waals surface area contributed by atoms with Crippen LogP contribution < -0.4 is 30.5 Å². The van der Waals surface area contributed by atoms with Crippen LogP contribution in [-0.4, -0.2) is 16.1 Å². The van der Waals surface area contributed by atoms with Crippen LogP contribution in [0.15, 0.2) is 218 Å². The largest absolute Gasteiger partial charge is 0.311 e. The molecule has 71 heavy (non-hydrogen) atoms. The second-order valence-electron chi connectivity index (χ2n) is 21.7. The Hall–Kier alpha value is -7.77. The molecule has 0 amide bonds. The third-order valence-corrected chi connectivity index (χ3v) is 23.9. The van der Waals surface area contributed by atoms with E-state index in [9.17, 15) is 0 Å². The summed E-state index contributed by atoms with van der Waals surface area (Å²) in [5.74, 6) is 0. The number of hydrogen-bond acceptors (Lipinski definition) is 2. The van der Waals surface area contributed by atoms with Gasteiger partial charge in [-0.2, -0.15) is 0 Å². The second-order valence-corrected chi connectivity index (χ2v) is 30.3. The van der Waals surface area contributed by atoms with Gasteiger partial charge in [-0.3, -0.25) is 0 Å². The predicted molar refractivity (Wildman–Crippen MR) is 310 cm³/mol. The zero-order chi connectivity index (χ0) is 48.0. The zero-order valence-electron chi connectivity index (χ0n) is 41.2. The van der Waals surface area contributed by atoms with Gasteiger partial charge in [-0.25, -0.2) is 0 Å². The molecular formula is C67H54N2Si2. The van der Waals surface area contributed by atoms with Gasteiger partial charge in [0.1, 0.15) is 16.1 Å². The molecule has 0 fully saturated rings. The summed E-state index contributed by atoms with van der Waals surface area (Å²) >= 11 is 0. The van der Waals surface area contributed by atoms with Gasteiger partial charge in [0.15, 0.2) is 0 Å². The van der Waals surface area contributed by atoms with Gasteiger partial charge in [0, 0.05) is 39.5 Å². The summed E-state index contributed by atoms with van der Waals surface area (Å²) in [6.45, 7) is 14.8. The van der Waals surface area contributed by atoms with Gasteiger partial charge in [0.2, 0.25) is 0 Å². The molecule has 0 radical (unpaired) electrons. The van der Waals surface area contributed by atoms with Crippen molar-refractivity contribution >= 4 is 103 Å². The molecular weight excluding hydrogens is 889 g/mol. The molecule has 11 aromatic rings. The summed E-state index contributed by atoms with van der Waals surface area (Å²) in [5, 5.41) is 13.3. The summed E-state index contributed by atoms with van der Waals surface area (Å²) in [6, 6.07) is 83.6. The number of rotatable bonds is 4. The van der Waals surface area contributed by atoms with E-state index in [1.165, 1.54) is 132 Å². The van der Waals surface area contributed by atoms with Gasteiger partial charge in [0.05, 0.1) is 0 Å². The lowest BCUT2D eigenvalue weighted by atomic mass is 9.80. The smallest absolute Gasteiger partial charge is 0.117 e. The standard InChI is InChI=1S/C67H54N2Si2/c1-67(2)55-25-10-9-23-48(55)49-37-34-44(40-56(49)67)65-51-38-35-46(69-59-28-13-17-32-63(59)71(5,6)64-33-18-14-29-60(64)69)42-54(51)66(50-24-19-21-43-20-7-8-22-47(43)50)52-39-36-45(41-53(52)65)68-57-26-11-15-30-61(57)70(3,4)62-31-16-12-27-58(62)68/h7-42H,1-6H3. The summed E-state index contributed by atoms with van der Waals surface area (Å²) in [6.07, 6.45) is 0. The Balaban J connectivity index is 1.12. The molecule has 0 saturated carbocycles. The van der Waals surface area contributed by atoms with Gasteiger partial charge in [-0.1, -0.05) is 204 Å². The first-order valence-corrected chi connectivity index (χ1v) is 31.3. The maximum Gasteiger partial charge on any atom is 0.117 e. The Labute approximate surface area is 419 Å². The molecule has 11 aromatic carbocycles. The molecule has 0 atom stereocenters. The van der Waals surface area contributed by atoms with Crippen molar-refractivity contribution in [3.63, 3.8) is 0 Å². The molecule has 0 bridgehead atoms. The van der Waals surface area contributed by atoms with Gasteiger partial charge >= 0.3 is 0 Å². The minimum absolute atomic E-state index is 0.154. The van der Waals surface area contributed by atoms with E-state index in [0.29, 0.717) is 0 Å². The Morgan fingerprint density at radius 3 is 1.34 bits per heavy atom. The highest BCUT2D eigenvalue weighted by Gasteiger charge is 2.41. The van der Waals surface area contributed by atoms with E-state index in [-0.39, 0.29) is 5.41 Å². The molecule has 3 aliphatic rings. The average Bonchev–Trinajstić information content (AvgIpc) is 3.63. The van der Waals surface area contributed by atoms with Crippen molar-refractivity contribution in [2.75, 3.05) is 9.80 Å². The molecule has 0 spiro atoms. The number of hydrogen-bond donors (Lipinski definition) is 0. The first-order valence-electron chi connectivity index (χ1n) is 25.3. The van der Waals surface area contributed by atoms with Crippen LogP contribution in [0.5, 0.6) is 0 Å². The van der Waals surface area contributed by atoms with Crippen molar-refractivity contribution in [1.82, 2.24) is 0 Å². The van der Waals surface area contributed by atoms with Crippen molar-refractivity contribution in [3.8, 4) is 33.4 Å². The predicted octanol–water partition coefficient (Wildman–Crippen LogP) is 16.0. The Kier molecular flexibility index (Phi) is 8.97. The third kappa shape index (κ3) is 5.92. The fraction of sp³-hybridized carbons (Fsp3) is 0.104. The lowest BCUT2D eigenvalue weighted by Crippen LogP contribution is -2.58. The van der Waals surface area contributed by atoms with E-state index in [1.807, 2.05) is 0 Å². The van der Waals surface area contributed by atoms with Crippen molar-refractivity contribution in [2.24, 2.45) is 0 Å². The fourth-order valence-corrected chi connectivity index (χ4v) is 19.3. The number of para-hydroxylation sites is 4. The molecule has 0 aromatic heterocycles. The first-order chi connectivity index (χ1) is 34.5. The average molecular weight is 943 g/mol. The SMILES string of the molecule is CC1(C)c2ccccc2-c2ccc(-c3c4cc(N5c6ccccc6[Si](C)(C)c6ccccc65)ccc4c(-c4cccc5ccccc45)c4cc(N5c6ccccc6[Si](C)(C)c6ccccc65)ccc34)cc21. The number of anilines is 6. The summed E-state index contributed by atoms with van der Waals surface area (Å²) < 4.78 is 0. The van der Waals surface area contributed by atoms with Crippen molar-refractivity contribution in [1.29, 1.82) is 0 Å². The normalized spacial score (nSPS) is 15.5. The van der Waals surface area contributed by atoms with Gasteiger partial charge < -0.3 is 9.80 Å². The summed E-state index contributed by atoms with van der Waals surface area (Å²) in [7, 11) is -4.01. The molecule has 1 aliphatic carbocycles. The lowest BCUT2D eigenvalue weighted by molar-refractivity contribution is 0.660. The summed E-state index contributed by atoms with van der Waals surface area (Å²) in [4.78, 5) is 5.10. The van der Waals surface area contributed by atoms with Gasteiger partial charge in [-0.05, 0) is 152 Å². The molecule has 340 valence electrons. The minimum Gasteiger partial charge on any atom is -0.311 e. The highest BCUT2D eigenvalue weighted by Crippen LogP contribution is 2.53. The second kappa shape index (κ2) is 15.1. The quantitative estimate of drug-likeness (QED) is 0.128. The van der Waals surface area contributed by atoms with Crippen LogP contribution >= 0.6 is 0 Å². The molecule has 14 rings (SSSR count). The molecule has 2 heterocycles. The van der Waals surface area contributed by atoms with Crippen LogP contribution in [0.3, 0.4) is 0 Å². The Bertz CT molecular complexity index is 3960. The van der Waals surface area contributed by atoms with Crippen LogP contribution in [0.25, 0.3) is 65.7 Å². The van der Waals surface area contributed by atoms with E-state index in [4.69, 9.17) is 0 Å². The van der Waals surface area contributed by atoms with E-state index >= 15 is 0 Å². The number of fused-ring (bicyclic) bond motifs is 10. The van der Waals surface area contributed by atoms with Crippen molar-refractivity contribution in [3.05, 3.63) is 230 Å². The summed E-state index contributed by atoms with van der Waals surface area (Å²) in [5.41, 5.74) is 17.8. The van der Waals surface area contributed by atoms with E-state index in [0.717, 1.165) is 0 Å². The first kappa shape index (κ1) is 42.1. The molecule has 4 heteroatoms. The monoisotopic (exact) mass is 942 g/mol. The van der Waals surface area contributed by atoms with Crippen molar-refractivity contribution < 1.29 is 0 Å². The molecule has 0 saturated heterocycles. The number of benzene rings is 11. The van der Waals surface area contributed by atoms with Crippen LogP contribution in [-0.2, 0) is 5.41 Å². The Morgan fingerprint density at radius 1 is 0.324 bits per heavy atom. The highest BCUT2D eigenvalue weighted by atomic mass is 28.3. The van der Waals surface area contributed by atoms with Gasteiger partial charge in [0.25, 0.3) is 0 Å². The van der Waals surface area contributed by atoms with E-state index in [2.05, 4.69) is 268 Å². The zero-order valence-corrected chi connectivity index (χ0v) is 43.2. The Morgan fingerprint density at radius 2 is 0.761 bits per heavy atom. The van der Waals surface area contributed by atoms with E-state index in [1.54, 1.807) is 0 Å². The van der Waals surface area contributed by atoms with Crippen molar-refractivity contribution in [2.45, 2.75) is 45.5 Å². The number of nitrogens with zero attached hydrogens (tertiary/aromatic N) is 2. The maximum atomic E-state index is 2.55. The van der Waals surface area contributed by atoms with Crippen LogP contribution in [0.4, 0.5) is 34.1 Å². The lowest BCUT2D eigenvalue weighted by Gasteiger charge is -2.41. The fourth-order valence-electron chi connectivity index (χ4n) is 13.3.